The molecule has 0 saturated carbocycles. The molecule has 7 heteroatoms. The zero-order chi connectivity index (χ0) is 17.8. The van der Waals surface area contributed by atoms with E-state index in [1.807, 2.05) is 4.90 Å². The van der Waals surface area contributed by atoms with E-state index in [4.69, 9.17) is 4.74 Å². The summed E-state index contributed by atoms with van der Waals surface area (Å²) in [6.45, 7) is 4.89. The number of Topliss-reactive ketones (excluding diaryl/α,β-unsaturated/α-hetero) is 1. The number of carbonyl (C=O) groups excluding carboxylic acids is 3. The standard InChI is InChI=1S/C18H23N3O4/c1-13(22)14-3-4-16-15(11-14)21(18(24)12-25-16)9-5-17(23)20-8-2-6-19-7-10-20/h3-4,11,19H,2,5-10,12H2,1H3. The number of carbonyl (C=O) groups is 3. The molecule has 0 radical (unpaired) electrons. The van der Waals surface area contributed by atoms with Gasteiger partial charge in [-0.15, -0.1) is 0 Å². The molecular weight excluding hydrogens is 322 g/mol. The SMILES string of the molecule is CC(=O)c1ccc2c(c1)N(CCC(=O)N1CCCNCC1)C(=O)CO2. The third kappa shape index (κ3) is 3.99. The summed E-state index contributed by atoms with van der Waals surface area (Å²) in [4.78, 5) is 39.7. The Bertz CT molecular complexity index is 681. The van der Waals surface area contributed by atoms with Gasteiger partial charge in [0.25, 0.3) is 5.91 Å². The first-order valence-corrected chi connectivity index (χ1v) is 8.63. The highest BCUT2D eigenvalue weighted by Gasteiger charge is 2.27. The zero-order valence-corrected chi connectivity index (χ0v) is 14.4. The van der Waals surface area contributed by atoms with Gasteiger partial charge >= 0.3 is 0 Å². The first-order chi connectivity index (χ1) is 12.1. The van der Waals surface area contributed by atoms with Gasteiger partial charge in [0.05, 0.1) is 5.69 Å². The molecule has 7 nitrogen and oxygen atoms in total. The fraction of sp³-hybridized carbons (Fsp3) is 0.500. The largest absolute Gasteiger partial charge is 0.482 e. The Morgan fingerprint density at radius 2 is 2.08 bits per heavy atom. The van der Waals surface area contributed by atoms with Gasteiger partial charge in [-0.2, -0.15) is 0 Å². The van der Waals surface area contributed by atoms with Crippen molar-refractivity contribution in [3.05, 3.63) is 23.8 Å². The molecule has 1 aromatic carbocycles. The Hall–Kier alpha value is -2.41. The molecule has 0 aliphatic carbocycles. The maximum atomic E-state index is 12.5. The summed E-state index contributed by atoms with van der Waals surface area (Å²) in [5.74, 6) is 0.343. The summed E-state index contributed by atoms with van der Waals surface area (Å²) in [6.07, 6.45) is 1.20. The minimum absolute atomic E-state index is 0.0474. The summed E-state index contributed by atoms with van der Waals surface area (Å²) >= 11 is 0. The van der Waals surface area contributed by atoms with Gasteiger partial charge in [-0.05, 0) is 38.1 Å². The van der Waals surface area contributed by atoms with Gasteiger partial charge in [-0.1, -0.05) is 0 Å². The molecule has 25 heavy (non-hydrogen) atoms. The molecule has 0 spiro atoms. The quantitative estimate of drug-likeness (QED) is 0.818. The van der Waals surface area contributed by atoms with Crippen LogP contribution in [0.25, 0.3) is 0 Å². The van der Waals surface area contributed by atoms with Gasteiger partial charge in [0.2, 0.25) is 5.91 Å². The second kappa shape index (κ2) is 7.65. The molecule has 0 bridgehead atoms. The highest BCUT2D eigenvalue weighted by Crippen LogP contribution is 2.33. The molecule has 1 saturated heterocycles. The lowest BCUT2D eigenvalue weighted by Gasteiger charge is -2.30. The van der Waals surface area contributed by atoms with Crippen LogP contribution in [0, 0.1) is 0 Å². The smallest absolute Gasteiger partial charge is 0.265 e. The maximum Gasteiger partial charge on any atom is 0.265 e. The summed E-state index contributed by atoms with van der Waals surface area (Å²) in [5.41, 5.74) is 1.08. The number of hydrogen-bond donors (Lipinski definition) is 1. The number of ether oxygens (including phenoxy) is 1. The van der Waals surface area contributed by atoms with Crippen LogP contribution in [0.15, 0.2) is 18.2 Å². The van der Waals surface area contributed by atoms with Crippen LogP contribution in [-0.4, -0.2) is 61.8 Å². The van der Waals surface area contributed by atoms with E-state index < -0.39 is 0 Å². The molecule has 0 aromatic heterocycles. The topological polar surface area (TPSA) is 79.0 Å². The highest BCUT2D eigenvalue weighted by atomic mass is 16.5. The number of rotatable bonds is 4. The van der Waals surface area contributed by atoms with Gasteiger partial charge in [0.1, 0.15) is 5.75 Å². The van der Waals surface area contributed by atoms with Crippen molar-refractivity contribution in [1.29, 1.82) is 0 Å². The van der Waals surface area contributed by atoms with Crippen LogP contribution in [0.1, 0.15) is 30.1 Å². The minimum atomic E-state index is -0.196. The van der Waals surface area contributed by atoms with E-state index in [0.717, 1.165) is 26.1 Å². The molecule has 1 fully saturated rings. The van der Waals surface area contributed by atoms with Crippen LogP contribution in [0.4, 0.5) is 5.69 Å². The van der Waals surface area contributed by atoms with Crippen molar-refractivity contribution in [2.75, 3.05) is 44.2 Å². The fourth-order valence-electron chi connectivity index (χ4n) is 3.13. The molecular formula is C18H23N3O4. The number of hydrogen-bond acceptors (Lipinski definition) is 5. The molecule has 2 aliphatic heterocycles. The lowest BCUT2D eigenvalue weighted by Crippen LogP contribution is -2.42. The van der Waals surface area contributed by atoms with E-state index in [0.29, 0.717) is 30.1 Å². The van der Waals surface area contributed by atoms with E-state index >= 15 is 0 Å². The third-order valence-corrected chi connectivity index (χ3v) is 4.55. The summed E-state index contributed by atoms with van der Waals surface area (Å²) in [6, 6.07) is 5.05. The molecule has 0 atom stereocenters. The van der Waals surface area contributed by atoms with Crippen LogP contribution < -0.4 is 15.0 Å². The molecule has 134 valence electrons. The normalized spacial score (nSPS) is 17.6. The zero-order valence-electron chi connectivity index (χ0n) is 14.4. The van der Waals surface area contributed by atoms with E-state index in [9.17, 15) is 14.4 Å². The number of fused-ring (bicyclic) bond motifs is 1. The van der Waals surface area contributed by atoms with Crippen LogP contribution in [0.5, 0.6) is 5.75 Å². The Balaban J connectivity index is 1.71. The number of benzene rings is 1. The average molecular weight is 345 g/mol. The highest BCUT2D eigenvalue weighted by molar-refractivity contribution is 6.01. The van der Waals surface area contributed by atoms with Gasteiger partial charge in [-0.3, -0.25) is 14.4 Å². The predicted molar refractivity (Wildman–Crippen MR) is 93.0 cm³/mol. The molecule has 3 rings (SSSR count). The van der Waals surface area contributed by atoms with Crippen molar-refractivity contribution >= 4 is 23.3 Å². The molecule has 2 amide bonds. The van der Waals surface area contributed by atoms with Crippen molar-refractivity contribution in [3.63, 3.8) is 0 Å². The number of amides is 2. The molecule has 0 unspecified atom stereocenters. The van der Waals surface area contributed by atoms with Crippen LogP contribution in [0.2, 0.25) is 0 Å². The second-order valence-corrected chi connectivity index (χ2v) is 6.31. The first kappa shape index (κ1) is 17.4. The molecule has 2 heterocycles. The van der Waals surface area contributed by atoms with Crippen LogP contribution in [0.3, 0.4) is 0 Å². The number of nitrogens with zero attached hydrogens (tertiary/aromatic N) is 2. The predicted octanol–water partition coefficient (Wildman–Crippen LogP) is 0.827. The Morgan fingerprint density at radius 3 is 2.88 bits per heavy atom. The van der Waals surface area contributed by atoms with Crippen molar-refractivity contribution in [2.24, 2.45) is 0 Å². The van der Waals surface area contributed by atoms with Gasteiger partial charge in [-0.25, -0.2) is 0 Å². The van der Waals surface area contributed by atoms with Crippen LogP contribution in [-0.2, 0) is 9.59 Å². The number of ketones is 1. The number of anilines is 1. The van der Waals surface area contributed by atoms with E-state index in [1.165, 1.54) is 6.92 Å². The minimum Gasteiger partial charge on any atom is -0.482 e. The Labute approximate surface area is 146 Å². The Morgan fingerprint density at radius 1 is 1.24 bits per heavy atom. The first-order valence-electron chi connectivity index (χ1n) is 8.63. The fourth-order valence-corrected chi connectivity index (χ4v) is 3.13. The van der Waals surface area contributed by atoms with Crippen LogP contribution >= 0.6 is 0 Å². The second-order valence-electron chi connectivity index (χ2n) is 6.31. The molecule has 2 aliphatic rings. The average Bonchev–Trinajstić information content (AvgIpc) is 2.89. The lowest BCUT2D eigenvalue weighted by molar-refractivity contribution is -0.130. The van der Waals surface area contributed by atoms with Gasteiger partial charge in [0.15, 0.2) is 12.4 Å². The maximum absolute atomic E-state index is 12.5. The van der Waals surface area contributed by atoms with E-state index in [2.05, 4.69) is 5.32 Å². The molecule has 1 N–H and O–H groups in total. The van der Waals surface area contributed by atoms with E-state index in [1.54, 1.807) is 23.1 Å². The van der Waals surface area contributed by atoms with Crippen molar-refractivity contribution in [1.82, 2.24) is 10.2 Å². The van der Waals surface area contributed by atoms with Crippen molar-refractivity contribution < 1.29 is 19.1 Å². The lowest BCUT2D eigenvalue weighted by atomic mass is 10.1. The summed E-state index contributed by atoms with van der Waals surface area (Å²) in [7, 11) is 0. The summed E-state index contributed by atoms with van der Waals surface area (Å²) < 4.78 is 5.43. The van der Waals surface area contributed by atoms with Crippen molar-refractivity contribution in [2.45, 2.75) is 19.8 Å². The third-order valence-electron chi connectivity index (χ3n) is 4.55. The Kier molecular flexibility index (Phi) is 5.33. The van der Waals surface area contributed by atoms with E-state index in [-0.39, 0.29) is 30.6 Å². The number of nitrogens with one attached hydrogen (secondary N) is 1. The van der Waals surface area contributed by atoms with Gasteiger partial charge in [0, 0.05) is 38.2 Å². The van der Waals surface area contributed by atoms with Gasteiger partial charge < -0.3 is 19.9 Å². The molecule has 1 aromatic rings. The van der Waals surface area contributed by atoms with Crippen molar-refractivity contribution in [3.8, 4) is 5.75 Å². The monoisotopic (exact) mass is 345 g/mol. The summed E-state index contributed by atoms with van der Waals surface area (Å²) in [5, 5.41) is 3.27.